The van der Waals surface area contributed by atoms with Crippen LogP contribution in [0.5, 0.6) is 0 Å². The average molecular weight is 538 g/mol. The van der Waals surface area contributed by atoms with Crippen molar-refractivity contribution in [1.29, 1.82) is 0 Å². The van der Waals surface area contributed by atoms with Crippen LogP contribution in [0, 0.1) is 0 Å². The Bertz CT molecular complexity index is 1570. The van der Waals surface area contributed by atoms with Crippen LogP contribution < -0.4 is 7.74 Å². The monoisotopic (exact) mass is 538 g/mol. The predicted molar refractivity (Wildman–Crippen MR) is 149 cm³/mol. The Kier molecular flexibility index (Phi) is 5.86. The van der Waals surface area contributed by atoms with Gasteiger partial charge in [-0.25, -0.2) is 0 Å². The van der Waals surface area contributed by atoms with Crippen molar-refractivity contribution in [3.05, 3.63) is 107 Å². The van der Waals surface area contributed by atoms with Crippen molar-refractivity contribution in [3.63, 3.8) is 0 Å². The normalized spacial score (nSPS) is 13.2. The van der Waals surface area contributed by atoms with E-state index in [4.69, 9.17) is 11.5 Å². The zero-order valence-electron chi connectivity index (χ0n) is 21.8. The van der Waals surface area contributed by atoms with E-state index in [-0.39, 0.29) is 12.8 Å². The molecule has 4 nitrogen and oxygen atoms in total. The summed E-state index contributed by atoms with van der Waals surface area (Å²) in [6.07, 6.45) is 1.64. The third-order valence-electron chi connectivity index (χ3n) is 8.03. The molecule has 0 aromatic heterocycles. The Balaban J connectivity index is 1.70. The summed E-state index contributed by atoms with van der Waals surface area (Å²) in [4.78, 5) is 31.4. The molecule has 2 aliphatic rings. The molecule has 0 amide bonds. The maximum atomic E-state index is 13.3. The van der Waals surface area contributed by atoms with E-state index in [1.807, 2.05) is 48.5 Å². The summed E-state index contributed by atoms with van der Waals surface area (Å²) >= 11 is -5.58. The van der Waals surface area contributed by atoms with Gasteiger partial charge in [-0.15, -0.1) is 0 Å². The summed E-state index contributed by atoms with van der Waals surface area (Å²) in [5, 5.41) is 0. The number of hydrogen-bond donors (Lipinski definition) is 0. The van der Waals surface area contributed by atoms with Crippen molar-refractivity contribution in [2.24, 2.45) is 0 Å². The molecule has 0 radical (unpaired) electrons. The van der Waals surface area contributed by atoms with Crippen LogP contribution in [-0.4, -0.2) is 16.8 Å². The first-order chi connectivity index (χ1) is 18.4. The van der Waals surface area contributed by atoms with Gasteiger partial charge in [-0.05, 0) is 0 Å². The fraction of sp³-hybridized carbons (Fsp3) is 0.182. The molecule has 4 aromatic rings. The van der Waals surface area contributed by atoms with Crippen LogP contribution in [0.15, 0.2) is 84.9 Å². The Morgan fingerprint density at radius 1 is 0.632 bits per heavy atom. The molecule has 0 fully saturated rings. The SMILES string of the molecule is [CH2]=[Ti]([O]C(=O)CC)([O]C(=O)CC)([c]1cccc2c1Cc1ccccc1-2)[c]1cccc2c1Cc1ccccc1-2. The molecule has 2 aliphatic carbocycles. The molecule has 0 spiro atoms. The number of fused-ring (bicyclic) bond motifs is 6. The van der Waals surface area contributed by atoms with Gasteiger partial charge in [-0.3, -0.25) is 0 Å². The van der Waals surface area contributed by atoms with E-state index in [1.165, 1.54) is 11.1 Å². The molecule has 0 saturated carbocycles. The van der Waals surface area contributed by atoms with Crippen LogP contribution in [0.1, 0.15) is 48.9 Å². The summed E-state index contributed by atoms with van der Waals surface area (Å²) in [6.45, 7) is 3.52. The average Bonchev–Trinajstić information content (AvgIpc) is 3.51. The molecule has 4 aromatic carbocycles. The van der Waals surface area contributed by atoms with Crippen LogP contribution in [0.3, 0.4) is 0 Å². The first-order valence-electron chi connectivity index (χ1n) is 13.3. The van der Waals surface area contributed by atoms with E-state index in [9.17, 15) is 9.59 Å². The zero-order valence-corrected chi connectivity index (χ0v) is 23.3. The second kappa shape index (κ2) is 9.01. The van der Waals surface area contributed by atoms with Crippen molar-refractivity contribution < 1.29 is 31.8 Å². The summed E-state index contributed by atoms with van der Waals surface area (Å²) in [7, 11) is 0. The van der Waals surface area contributed by atoms with E-state index in [0.29, 0.717) is 12.8 Å². The molecule has 6 rings (SSSR count). The Labute approximate surface area is 224 Å². The predicted octanol–water partition coefficient (Wildman–Crippen LogP) is 5.64. The van der Waals surface area contributed by atoms with Gasteiger partial charge in [0.15, 0.2) is 0 Å². The van der Waals surface area contributed by atoms with Crippen molar-refractivity contribution in [2.75, 3.05) is 0 Å². The standard InChI is InChI=1S/2C13H9.2C3H6O2.CH2.Ti/c2*1-3-7-12-10(5-1)9-11-6-2-4-8-13(11)12;2*1-2-3(4)5;;/h2*1-5,7-8H,9H2;2*2H2,1H3,(H,4,5);1H2;/q;;;;;+2/p-2. The summed E-state index contributed by atoms with van der Waals surface area (Å²) in [5.41, 5.74) is 8.91. The number of hydrogen-bond acceptors (Lipinski definition) is 4. The van der Waals surface area contributed by atoms with Crippen LogP contribution >= 0.6 is 0 Å². The minimum atomic E-state index is -5.58. The molecule has 0 unspecified atom stereocenters. The van der Waals surface area contributed by atoms with Gasteiger partial charge in [0.05, 0.1) is 0 Å². The molecule has 0 bridgehead atoms. The molecule has 0 aliphatic heterocycles. The van der Waals surface area contributed by atoms with Gasteiger partial charge in [0.1, 0.15) is 0 Å². The van der Waals surface area contributed by atoms with Crippen LogP contribution in [0.25, 0.3) is 22.3 Å². The van der Waals surface area contributed by atoms with Gasteiger partial charge in [0.2, 0.25) is 0 Å². The van der Waals surface area contributed by atoms with Crippen LogP contribution in [-0.2, 0) is 44.7 Å². The number of rotatable bonds is 6. The Hall–Kier alpha value is -3.60. The first kappa shape index (κ1) is 24.7. The molecular weight excluding hydrogens is 508 g/mol. The Morgan fingerprint density at radius 3 is 1.45 bits per heavy atom. The number of carbonyl (C=O) groups is 2. The van der Waals surface area contributed by atoms with Crippen molar-refractivity contribution in [3.8, 4) is 22.3 Å². The fourth-order valence-corrected chi connectivity index (χ4v) is 13.4. The molecule has 0 N–H and O–H groups in total. The van der Waals surface area contributed by atoms with E-state index < -0.39 is 27.6 Å². The van der Waals surface area contributed by atoms with Crippen LogP contribution in [0.2, 0.25) is 0 Å². The molecule has 0 saturated heterocycles. The van der Waals surface area contributed by atoms with E-state index in [2.05, 4.69) is 36.4 Å². The molecule has 38 heavy (non-hydrogen) atoms. The van der Waals surface area contributed by atoms with Crippen molar-refractivity contribution >= 4 is 24.5 Å². The zero-order chi connectivity index (χ0) is 26.5. The summed E-state index contributed by atoms with van der Waals surface area (Å²) in [6, 6.07) is 28.7. The minimum absolute atomic E-state index is 0.156. The second-order valence-corrected chi connectivity index (χ2v) is 16.5. The molecule has 5 heteroatoms. The van der Waals surface area contributed by atoms with Crippen molar-refractivity contribution in [2.45, 2.75) is 39.5 Å². The van der Waals surface area contributed by atoms with Gasteiger partial charge in [0, 0.05) is 0 Å². The van der Waals surface area contributed by atoms with E-state index in [0.717, 1.165) is 41.1 Å². The fourth-order valence-electron chi connectivity index (χ4n) is 6.27. The van der Waals surface area contributed by atoms with Gasteiger partial charge in [-0.2, -0.15) is 0 Å². The maximum absolute atomic E-state index is 13.3. The van der Waals surface area contributed by atoms with Crippen molar-refractivity contribution in [1.82, 2.24) is 0 Å². The third-order valence-corrected chi connectivity index (χ3v) is 15.0. The quantitative estimate of drug-likeness (QED) is 0.258. The second-order valence-electron chi connectivity index (χ2n) is 10.2. The van der Waals surface area contributed by atoms with Gasteiger partial charge in [0.25, 0.3) is 0 Å². The first-order valence-corrected chi connectivity index (χ1v) is 17.2. The topological polar surface area (TPSA) is 52.6 Å². The van der Waals surface area contributed by atoms with Gasteiger partial charge >= 0.3 is 225 Å². The summed E-state index contributed by atoms with van der Waals surface area (Å²) in [5.74, 6) is -0.829. The van der Waals surface area contributed by atoms with Gasteiger partial charge in [-0.1, -0.05) is 0 Å². The Morgan fingerprint density at radius 2 is 1.03 bits per heavy atom. The molecular formula is C33H30O4Ti. The van der Waals surface area contributed by atoms with Crippen LogP contribution in [0.4, 0.5) is 0 Å². The van der Waals surface area contributed by atoms with E-state index >= 15 is 0 Å². The molecule has 0 heterocycles. The number of carbonyl (C=O) groups excluding carboxylic acids is 2. The number of benzene rings is 4. The molecule has 190 valence electrons. The summed E-state index contributed by atoms with van der Waals surface area (Å²) < 4.78 is 14.7. The van der Waals surface area contributed by atoms with Gasteiger partial charge < -0.3 is 0 Å². The van der Waals surface area contributed by atoms with E-state index in [1.54, 1.807) is 13.8 Å². The molecule has 0 atom stereocenters. The third kappa shape index (κ3) is 3.59.